The largest absolute Gasteiger partial charge is 0.471 e. The fraction of sp³-hybridized carbons (Fsp3) is 0.524. The summed E-state index contributed by atoms with van der Waals surface area (Å²) in [5.41, 5.74) is 1.32. The lowest BCUT2D eigenvalue weighted by Gasteiger charge is -2.38. The van der Waals surface area contributed by atoms with Crippen LogP contribution in [-0.2, 0) is 27.0 Å². The molecule has 1 unspecified atom stereocenters. The van der Waals surface area contributed by atoms with E-state index in [0.717, 1.165) is 5.56 Å². The van der Waals surface area contributed by atoms with Crippen molar-refractivity contribution in [2.45, 2.75) is 37.6 Å². The Morgan fingerprint density at radius 1 is 1.15 bits per heavy atom. The lowest BCUT2D eigenvalue weighted by molar-refractivity contribution is -0.159. The Kier molecular flexibility index (Phi) is 5.57. The molecule has 0 spiro atoms. The van der Waals surface area contributed by atoms with Crippen LogP contribution in [0.4, 0.5) is 13.2 Å². The molecule has 2 fully saturated rings. The monoisotopic (exact) mass is 466 g/mol. The number of carbonyl (C=O) groups is 2. The van der Waals surface area contributed by atoms with Gasteiger partial charge in [-0.3, -0.25) is 9.59 Å². The molecule has 2 aromatic rings. The molecule has 3 aliphatic heterocycles. The summed E-state index contributed by atoms with van der Waals surface area (Å²) in [6, 6.07) is 4.05. The summed E-state index contributed by atoms with van der Waals surface area (Å²) in [4.78, 5) is 30.9. The first-order chi connectivity index (χ1) is 15.8. The fourth-order valence-corrected chi connectivity index (χ4v) is 4.43. The third-order valence-electron chi connectivity index (χ3n) is 6.22. The van der Waals surface area contributed by atoms with Crippen LogP contribution >= 0.6 is 0 Å². The standard InChI is InChI=1S/C21H21F3N4O5/c22-21(23,24)20-26-17(27-33-20)11-1-2-12-8-28(19(30)14(12)7-11)16-10-32-6-4-15(16)25-18(29)13-3-5-31-9-13/h1-2,7,13,15-16H,3-6,8-10H2,(H,25,29)/t13?,15-,16-/m0/s1. The van der Waals surface area contributed by atoms with Gasteiger partial charge in [-0.25, -0.2) is 0 Å². The van der Waals surface area contributed by atoms with Crippen LogP contribution in [0.1, 0.15) is 34.7 Å². The Bertz CT molecular complexity index is 1070. The van der Waals surface area contributed by atoms with E-state index in [9.17, 15) is 22.8 Å². The van der Waals surface area contributed by atoms with Crippen LogP contribution < -0.4 is 5.32 Å². The van der Waals surface area contributed by atoms with Crippen LogP contribution in [0.25, 0.3) is 11.4 Å². The lowest BCUT2D eigenvalue weighted by Crippen LogP contribution is -2.57. The minimum absolute atomic E-state index is 0.0894. The molecule has 0 aliphatic carbocycles. The van der Waals surface area contributed by atoms with Gasteiger partial charge in [0.1, 0.15) is 0 Å². The predicted octanol–water partition coefficient (Wildman–Crippen LogP) is 2.02. The predicted molar refractivity (Wildman–Crippen MR) is 105 cm³/mol. The Balaban J connectivity index is 1.34. The number of benzene rings is 1. The highest BCUT2D eigenvalue weighted by Crippen LogP contribution is 2.33. The maximum absolute atomic E-state index is 13.2. The van der Waals surface area contributed by atoms with E-state index in [1.165, 1.54) is 6.07 Å². The summed E-state index contributed by atoms with van der Waals surface area (Å²) in [5, 5.41) is 6.44. The first-order valence-electron chi connectivity index (χ1n) is 10.6. The van der Waals surface area contributed by atoms with Crippen LogP contribution in [0.5, 0.6) is 0 Å². The average Bonchev–Trinajstić information content (AvgIpc) is 3.54. The van der Waals surface area contributed by atoms with Crippen molar-refractivity contribution in [1.82, 2.24) is 20.4 Å². The third-order valence-corrected chi connectivity index (χ3v) is 6.22. The minimum Gasteiger partial charge on any atom is -0.381 e. The van der Waals surface area contributed by atoms with Gasteiger partial charge >= 0.3 is 12.1 Å². The van der Waals surface area contributed by atoms with Gasteiger partial charge < -0.3 is 24.2 Å². The number of alkyl halides is 3. The van der Waals surface area contributed by atoms with Crippen molar-refractivity contribution in [2.24, 2.45) is 5.92 Å². The first kappa shape index (κ1) is 21.8. The normalized spacial score (nSPS) is 25.4. The van der Waals surface area contributed by atoms with Gasteiger partial charge in [0.15, 0.2) is 0 Å². The number of rotatable bonds is 4. The van der Waals surface area contributed by atoms with Gasteiger partial charge in [-0.1, -0.05) is 17.3 Å². The quantitative estimate of drug-likeness (QED) is 0.735. The number of nitrogens with zero attached hydrogens (tertiary/aromatic N) is 3. The molecule has 176 valence electrons. The molecule has 1 aromatic carbocycles. The van der Waals surface area contributed by atoms with Crippen LogP contribution in [0.2, 0.25) is 0 Å². The number of hydrogen-bond donors (Lipinski definition) is 1. The molecular formula is C21H21F3N4O5. The number of nitrogens with one attached hydrogen (secondary N) is 1. The summed E-state index contributed by atoms with van der Waals surface area (Å²) < 4.78 is 53.5. The summed E-state index contributed by atoms with van der Waals surface area (Å²) in [6.07, 6.45) is -3.51. The second-order valence-electron chi connectivity index (χ2n) is 8.33. The highest BCUT2D eigenvalue weighted by Gasteiger charge is 2.41. The van der Waals surface area contributed by atoms with Crippen molar-refractivity contribution >= 4 is 11.8 Å². The summed E-state index contributed by atoms with van der Waals surface area (Å²) in [7, 11) is 0. The average molecular weight is 466 g/mol. The van der Waals surface area contributed by atoms with E-state index < -0.39 is 12.1 Å². The van der Waals surface area contributed by atoms with E-state index in [1.54, 1.807) is 17.0 Å². The topological polar surface area (TPSA) is 107 Å². The van der Waals surface area contributed by atoms with Gasteiger partial charge in [-0.15, -0.1) is 0 Å². The second kappa shape index (κ2) is 8.41. The molecule has 0 bridgehead atoms. The third kappa shape index (κ3) is 4.20. The molecule has 1 N–H and O–H groups in total. The van der Waals surface area contributed by atoms with E-state index >= 15 is 0 Å². The van der Waals surface area contributed by atoms with Crippen LogP contribution in [0.3, 0.4) is 0 Å². The van der Waals surface area contributed by atoms with Gasteiger partial charge in [0.05, 0.1) is 31.2 Å². The molecule has 3 aliphatic rings. The molecule has 2 saturated heterocycles. The van der Waals surface area contributed by atoms with Crippen molar-refractivity contribution in [3.05, 3.63) is 35.2 Å². The van der Waals surface area contributed by atoms with Gasteiger partial charge in [-0.2, -0.15) is 18.2 Å². The number of halogens is 3. The first-order valence-corrected chi connectivity index (χ1v) is 10.6. The van der Waals surface area contributed by atoms with Crippen LogP contribution in [0.15, 0.2) is 22.7 Å². The van der Waals surface area contributed by atoms with Crippen LogP contribution in [-0.4, -0.2) is 65.4 Å². The van der Waals surface area contributed by atoms with E-state index in [-0.39, 0.29) is 47.8 Å². The molecule has 9 nitrogen and oxygen atoms in total. The van der Waals surface area contributed by atoms with Crippen molar-refractivity contribution < 1.29 is 36.8 Å². The van der Waals surface area contributed by atoms with E-state index in [0.29, 0.717) is 44.8 Å². The molecule has 5 rings (SSSR count). The van der Waals surface area contributed by atoms with E-state index in [2.05, 4.69) is 20.0 Å². The van der Waals surface area contributed by atoms with Gasteiger partial charge in [0, 0.05) is 30.9 Å². The highest BCUT2D eigenvalue weighted by atomic mass is 19.4. The van der Waals surface area contributed by atoms with Crippen molar-refractivity contribution in [3.8, 4) is 11.4 Å². The Labute approximate surface area is 186 Å². The second-order valence-corrected chi connectivity index (χ2v) is 8.33. The van der Waals surface area contributed by atoms with Gasteiger partial charge in [0.25, 0.3) is 5.91 Å². The van der Waals surface area contributed by atoms with Crippen molar-refractivity contribution in [2.75, 3.05) is 26.4 Å². The SMILES string of the molecule is O=C(N[C@H]1CCOC[C@@H]1N1Cc2ccc(-c3noc(C(F)(F)F)n3)cc2C1=O)C1CCOC1. The Morgan fingerprint density at radius 3 is 2.67 bits per heavy atom. The van der Waals surface area contributed by atoms with Gasteiger partial charge in [0.2, 0.25) is 11.7 Å². The number of amides is 2. The minimum atomic E-state index is -4.75. The van der Waals surface area contributed by atoms with Crippen LogP contribution in [0, 0.1) is 5.92 Å². The van der Waals surface area contributed by atoms with Crippen molar-refractivity contribution in [3.63, 3.8) is 0 Å². The number of aromatic nitrogens is 2. The number of fused-ring (bicyclic) bond motifs is 1. The molecule has 4 heterocycles. The lowest BCUT2D eigenvalue weighted by atomic mass is 10.00. The molecule has 1 aromatic heterocycles. The summed E-state index contributed by atoms with van der Waals surface area (Å²) in [6.45, 7) is 2.01. The zero-order valence-corrected chi connectivity index (χ0v) is 17.4. The fourth-order valence-electron chi connectivity index (χ4n) is 4.43. The van der Waals surface area contributed by atoms with Gasteiger partial charge in [-0.05, 0) is 24.5 Å². The molecule has 2 amide bonds. The zero-order valence-electron chi connectivity index (χ0n) is 17.4. The molecule has 12 heteroatoms. The number of hydrogen-bond acceptors (Lipinski definition) is 7. The molecule has 3 atom stereocenters. The number of carbonyl (C=O) groups excluding carboxylic acids is 2. The van der Waals surface area contributed by atoms with E-state index in [4.69, 9.17) is 9.47 Å². The highest BCUT2D eigenvalue weighted by molar-refractivity contribution is 5.99. The smallest absolute Gasteiger partial charge is 0.381 e. The molecular weight excluding hydrogens is 445 g/mol. The Morgan fingerprint density at radius 2 is 1.94 bits per heavy atom. The summed E-state index contributed by atoms with van der Waals surface area (Å²) >= 11 is 0. The molecule has 0 radical (unpaired) electrons. The Hall–Kier alpha value is -2.99. The molecule has 33 heavy (non-hydrogen) atoms. The number of ether oxygens (including phenoxy) is 2. The van der Waals surface area contributed by atoms with Crippen molar-refractivity contribution in [1.29, 1.82) is 0 Å². The molecule has 0 saturated carbocycles. The summed E-state index contributed by atoms with van der Waals surface area (Å²) in [5.74, 6) is -2.27. The maximum Gasteiger partial charge on any atom is 0.471 e. The maximum atomic E-state index is 13.2. The zero-order chi connectivity index (χ0) is 23.2. The van der Waals surface area contributed by atoms with E-state index in [1.807, 2.05) is 0 Å².